The van der Waals surface area contributed by atoms with Crippen LogP contribution >= 0.6 is 0 Å². The third-order valence-corrected chi connectivity index (χ3v) is 4.56. The van der Waals surface area contributed by atoms with Gasteiger partial charge in [0.2, 0.25) is 0 Å². The molecule has 0 N–H and O–H groups in total. The summed E-state index contributed by atoms with van der Waals surface area (Å²) in [5, 5.41) is 8.79. The molecule has 0 aliphatic heterocycles. The van der Waals surface area contributed by atoms with Crippen molar-refractivity contribution in [3.8, 4) is 17.5 Å². The predicted octanol–water partition coefficient (Wildman–Crippen LogP) is 6.09. The highest BCUT2D eigenvalue weighted by atomic mass is 14.9. The summed E-state index contributed by atoms with van der Waals surface area (Å²) >= 11 is 0. The van der Waals surface area contributed by atoms with Crippen molar-refractivity contribution in [1.82, 2.24) is 9.97 Å². The van der Waals surface area contributed by atoms with Crippen molar-refractivity contribution in [2.24, 2.45) is 0 Å². The molecule has 1 heterocycles. The van der Waals surface area contributed by atoms with Gasteiger partial charge in [0.15, 0.2) is 5.82 Å². The molecule has 0 amide bonds. The standard InChI is InChI=1S/C22H29N3/c1-2-3-4-5-6-7-8-9-10-11-19-12-14-21(15-13-19)22-24-17-20(16-23)18-25-22/h12-15,17-18H,2-11H2,1H3. The van der Waals surface area contributed by atoms with E-state index in [1.807, 2.05) is 6.07 Å². The number of hydrogen-bond donors (Lipinski definition) is 0. The molecule has 0 radical (unpaired) electrons. The fourth-order valence-corrected chi connectivity index (χ4v) is 3.00. The van der Waals surface area contributed by atoms with Crippen LogP contribution in [0.3, 0.4) is 0 Å². The van der Waals surface area contributed by atoms with E-state index >= 15 is 0 Å². The third kappa shape index (κ3) is 7.05. The van der Waals surface area contributed by atoms with Crippen molar-refractivity contribution >= 4 is 0 Å². The Kier molecular flexibility index (Phi) is 8.69. The van der Waals surface area contributed by atoms with Gasteiger partial charge in [0.25, 0.3) is 0 Å². The Labute approximate surface area is 152 Å². The molecule has 0 saturated heterocycles. The fourth-order valence-electron chi connectivity index (χ4n) is 3.00. The van der Waals surface area contributed by atoms with Crippen molar-refractivity contribution in [2.75, 3.05) is 0 Å². The monoisotopic (exact) mass is 335 g/mol. The summed E-state index contributed by atoms with van der Waals surface area (Å²) in [5.41, 5.74) is 2.87. The number of aromatic nitrogens is 2. The van der Waals surface area contributed by atoms with Crippen LogP contribution in [0.1, 0.15) is 75.8 Å². The fraction of sp³-hybridized carbons (Fsp3) is 0.500. The number of aryl methyl sites for hydroxylation is 1. The van der Waals surface area contributed by atoms with Gasteiger partial charge >= 0.3 is 0 Å². The maximum absolute atomic E-state index is 8.79. The van der Waals surface area contributed by atoms with Crippen LogP contribution in [0.15, 0.2) is 36.7 Å². The molecular formula is C22H29N3. The lowest BCUT2D eigenvalue weighted by Crippen LogP contribution is -1.91. The number of nitriles is 1. The van der Waals surface area contributed by atoms with Gasteiger partial charge in [0, 0.05) is 18.0 Å². The molecule has 3 heteroatoms. The zero-order valence-corrected chi connectivity index (χ0v) is 15.4. The topological polar surface area (TPSA) is 49.6 Å². The van der Waals surface area contributed by atoms with E-state index in [1.54, 1.807) is 12.4 Å². The SMILES string of the molecule is CCCCCCCCCCCc1ccc(-c2ncc(C#N)cn2)cc1. The van der Waals surface area contributed by atoms with Gasteiger partial charge in [-0.1, -0.05) is 82.6 Å². The van der Waals surface area contributed by atoms with Crippen LogP contribution in [-0.2, 0) is 6.42 Å². The molecule has 2 aromatic rings. The quantitative estimate of drug-likeness (QED) is 0.467. The number of nitrogens with zero attached hydrogens (tertiary/aromatic N) is 3. The molecule has 0 atom stereocenters. The highest BCUT2D eigenvalue weighted by Gasteiger charge is 2.02. The van der Waals surface area contributed by atoms with Crippen molar-refractivity contribution in [3.05, 3.63) is 47.8 Å². The first-order valence-electron chi connectivity index (χ1n) is 9.65. The van der Waals surface area contributed by atoms with Crippen molar-refractivity contribution in [1.29, 1.82) is 5.26 Å². The maximum Gasteiger partial charge on any atom is 0.159 e. The second kappa shape index (κ2) is 11.4. The minimum absolute atomic E-state index is 0.491. The second-order valence-corrected chi connectivity index (χ2v) is 6.68. The van der Waals surface area contributed by atoms with Crippen LogP contribution in [0.2, 0.25) is 0 Å². The molecule has 132 valence electrons. The minimum atomic E-state index is 0.491. The van der Waals surface area contributed by atoms with Crippen LogP contribution in [0.5, 0.6) is 0 Å². The second-order valence-electron chi connectivity index (χ2n) is 6.68. The molecule has 0 unspecified atom stereocenters. The molecule has 0 fully saturated rings. The molecule has 0 aliphatic rings. The highest BCUT2D eigenvalue weighted by molar-refractivity contribution is 5.55. The number of hydrogen-bond acceptors (Lipinski definition) is 3. The molecular weight excluding hydrogens is 306 g/mol. The summed E-state index contributed by atoms with van der Waals surface area (Å²) in [6, 6.07) is 10.5. The van der Waals surface area contributed by atoms with E-state index in [9.17, 15) is 0 Å². The van der Waals surface area contributed by atoms with Crippen LogP contribution in [0, 0.1) is 11.3 Å². The van der Waals surface area contributed by atoms with E-state index in [2.05, 4.69) is 41.2 Å². The van der Waals surface area contributed by atoms with E-state index in [0.717, 1.165) is 12.0 Å². The lowest BCUT2D eigenvalue weighted by Gasteiger charge is -2.04. The van der Waals surface area contributed by atoms with E-state index in [0.29, 0.717) is 11.4 Å². The zero-order chi connectivity index (χ0) is 17.7. The van der Waals surface area contributed by atoms with E-state index in [4.69, 9.17) is 5.26 Å². The molecule has 2 rings (SSSR count). The van der Waals surface area contributed by atoms with Crippen LogP contribution in [-0.4, -0.2) is 9.97 Å². The summed E-state index contributed by atoms with van der Waals surface area (Å²) in [7, 11) is 0. The van der Waals surface area contributed by atoms with Gasteiger partial charge < -0.3 is 0 Å². The first-order valence-corrected chi connectivity index (χ1v) is 9.65. The Morgan fingerprint density at radius 3 is 1.92 bits per heavy atom. The summed E-state index contributed by atoms with van der Waals surface area (Å²) in [6.45, 7) is 2.27. The van der Waals surface area contributed by atoms with E-state index in [1.165, 1.54) is 63.4 Å². The van der Waals surface area contributed by atoms with Crippen molar-refractivity contribution in [3.63, 3.8) is 0 Å². The van der Waals surface area contributed by atoms with Gasteiger partial charge in [-0.05, 0) is 18.4 Å². The average Bonchev–Trinajstić information content (AvgIpc) is 2.67. The first-order chi connectivity index (χ1) is 12.3. The Hall–Kier alpha value is -2.21. The Morgan fingerprint density at radius 1 is 0.800 bits per heavy atom. The third-order valence-electron chi connectivity index (χ3n) is 4.56. The summed E-state index contributed by atoms with van der Waals surface area (Å²) in [6.07, 6.45) is 16.6. The van der Waals surface area contributed by atoms with Gasteiger partial charge in [0.05, 0.1) is 5.56 Å². The normalized spacial score (nSPS) is 10.6. The van der Waals surface area contributed by atoms with Gasteiger partial charge in [-0.3, -0.25) is 0 Å². The lowest BCUT2D eigenvalue weighted by atomic mass is 10.0. The summed E-state index contributed by atoms with van der Waals surface area (Å²) in [4.78, 5) is 8.48. The number of benzene rings is 1. The summed E-state index contributed by atoms with van der Waals surface area (Å²) in [5.74, 6) is 0.675. The van der Waals surface area contributed by atoms with Crippen LogP contribution in [0.4, 0.5) is 0 Å². The predicted molar refractivity (Wildman–Crippen MR) is 103 cm³/mol. The molecule has 0 spiro atoms. The zero-order valence-electron chi connectivity index (χ0n) is 15.4. The number of rotatable bonds is 11. The highest BCUT2D eigenvalue weighted by Crippen LogP contribution is 2.17. The van der Waals surface area contributed by atoms with Crippen LogP contribution in [0.25, 0.3) is 11.4 Å². The first kappa shape index (κ1) is 19.1. The summed E-state index contributed by atoms with van der Waals surface area (Å²) < 4.78 is 0. The smallest absolute Gasteiger partial charge is 0.159 e. The Bertz CT molecular complexity index is 638. The lowest BCUT2D eigenvalue weighted by molar-refractivity contribution is 0.565. The van der Waals surface area contributed by atoms with Gasteiger partial charge in [0.1, 0.15) is 6.07 Å². The van der Waals surface area contributed by atoms with E-state index < -0.39 is 0 Å². The molecule has 0 bridgehead atoms. The maximum atomic E-state index is 8.79. The van der Waals surface area contributed by atoms with E-state index in [-0.39, 0.29) is 0 Å². The minimum Gasteiger partial charge on any atom is -0.235 e. The molecule has 25 heavy (non-hydrogen) atoms. The van der Waals surface area contributed by atoms with Crippen LogP contribution < -0.4 is 0 Å². The Balaban J connectivity index is 1.66. The largest absolute Gasteiger partial charge is 0.235 e. The van der Waals surface area contributed by atoms with Crippen molar-refractivity contribution < 1.29 is 0 Å². The van der Waals surface area contributed by atoms with Gasteiger partial charge in [-0.15, -0.1) is 0 Å². The van der Waals surface area contributed by atoms with Gasteiger partial charge in [-0.2, -0.15) is 5.26 Å². The van der Waals surface area contributed by atoms with Crippen molar-refractivity contribution in [2.45, 2.75) is 71.1 Å². The molecule has 1 aromatic carbocycles. The number of unbranched alkanes of at least 4 members (excludes halogenated alkanes) is 8. The average molecular weight is 335 g/mol. The Morgan fingerprint density at radius 2 is 1.36 bits per heavy atom. The molecule has 1 aromatic heterocycles. The van der Waals surface area contributed by atoms with Gasteiger partial charge in [-0.25, -0.2) is 9.97 Å². The molecule has 0 aliphatic carbocycles. The molecule has 3 nitrogen and oxygen atoms in total. The molecule has 0 saturated carbocycles.